The molecule has 0 saturated carbocycles. The van der Waals surface area contributed by atoms with E-state index < -0.39 is 5.82 Å². The lowest BCUT2D eigenvalue weighted by Gasteiger charge is -2.30. The standard InChI is InChI=1S/C14H19FN2O2/c1-11(10-19-3)17(6-7-18-2)13-5-4-12(9-16)14(15)8-13/h4-5,8,11H,6-7,10H2,1-3H3. The molecular weight excluding hydrogens is 247 g/mol. The van der Waals surface area contributed by atoms with Gasteiger partial charge in [0.05, 0.1) is 18.8 Å². The van der Waals surface area contributed by atoms with Crippen LogP contribution in [0.2, 0.25) is 0 Å². The Hall–Kier alpha value is -1.64. The highest BCUT2D eigenvalue weighted by Crippen LogP contribution is 2.20. The Kier molecular flexibility index (Phi) is 6.26. The van der Waals surface area contributed by atoms with Gasteiger partial charge in [-0.05, 0) is 25.1 Å². The topological polar surface area (TPSA) is 45.5 Å². The monoisotopic (exact) mass is 266 g/mol. The third-order valence-corrected chi connectivity index (χ3v) is 2.88. The van der Waals surface area contributed by atoms with Crippen LogP contribution in [0, 0.1) is 17.1 Å². The van der Waals surface area contributed by atoms with Gasteiger partial charge in [-0.3, -0.25) is 0 Å². The molecule has 0 aromatic heterocycles. The van der Waals surface area contributed by atoms with Gasteiger partial charge in [0.25, 0.3) is 0 Å². The highest BCUT2D eigenvalue weighted by Gasteiger charge is 2.16. The lowest BCUT2D eigenvalue weighted by atomic mass is 10.1. The predicted octanol–water partition coefficient (Wildman–Crippen LogP) is 2.19. The summed E-state index contributed by atoms with van der Waals surface area (Å²) in [6, 6.07) is 6.51. The van der Waals surface area contributed by atoms with Crippen LogP contribution in [0.3, 0.4) is 0 Å². The number of nitriles is 1. The van der Waals surface area contributed by atoms with E-state index in [1.165, 1.54) is 12.1 Å². The molecule has 0 spiro atoms. The Morgan fingerprint density at radius 1 is 1.37 bits per heavy atom. The Morgan fingerprint density at radius 3 is 2.63 bits per heavy atom. The van der Waals surface area contributed by atoms with Crippen LogP contribution in [0.25, 0.3) is 0 Å². The fourth-order valence-corrected chi connectivity index (χ4v) is 1.90. The molecule has 5 heteroatoms. The minimum absolute atomic E-state index is 0.0508. The summed E-state index contributed by atoms with van der Waals surface area (Å²) in [7, 11) is 3.25. The maximum atomic E-state index is 13.7. The number of nitrogens with zero attached hydrogens (tertiary/aromatic N) is 2. The van der Waals surface area contributed by atoms with Gasteiger partial charge in [-0.1, -0.05) is 0 Å². The Labute approximate surface area is 113 Å². The first-order chi connectivity index (χ1) is 9.13. The van der Waals surface area contributed by atoms with Crippen molar-refractivity contribution in [2.45, 2.75) is 13.0 Å². The van der Waals surface area contributed by atoms with Gasteiger partial charge >= 0.3 is 0 Å². The van der Waals surface area contributed by atoms with Crippen molar-refractivity contribution in [1.29, 1.82) is 5.26 Å². The van der Waals surface area contributed by atoms with Crippen molar-refractivity contribution in [1.82, 2.24) is 0 Å². The molecule has 0 aliphatic rings. The molecule has 1 unspecified atom stereocenters. The van der Waals surface area contributed by atoms with E-state index >= 15 is 0 Å². The molecule has 0 saturated heterocycles. The van der Waals surface area contributed by atoms with Gasteiger partial charge in [-0.25, -0.2) is 4.39 Å². The van der Waals surface area contributed by atoms with Gasteiger partial charge < -0.3 is 14.4 Å². The quantitative estimate of drug-likeness (QED) is 0.759. The number of benzene rings is 1. The van der Waals surface area contributed by atoms with E-state index in [9.17, 15) is 4.39 Å². The average molecular weight is 266 g/mol. The van der Waals surface area contributed by atoms with E-state index in [0.717, 1.165) is 5.69 Å². The minimum Gasteiger partial charge on any atom is -0.383 e. The van der Waals surface area contributed by atoms with E-state index in [1.807, 2.05) is 17.9 Å². The second kappa shape index (κ2) is 7.72. The van der Waals surface area contributed by atoms with Crippen LogP contribution in [-0.2, 0) is 9.47 Å². The first kappa shape index (κ1) is 15.4. The number of hydrogen-bond donors (Lipinski definition) is 0. The molecule has 0 bridgehead atoms. The Morgan fingerprint density at radius 2 is 2.11 bits per heavy atom. The van der Waals surface area contributed by atoms with E-state index in [0.29, 0.717) is 19.8 Å². The van der Waals surface area contributed by atoms with Crippen LogP contribution in [0.5, 0.6) is 0 Å². The maximum Gasteiger partial charge on any atom is 0.143 e. The Bertz CT molecular complexity index is 446. The fourth-order valence-electron chi connectivity index (χ4n) is 1.90. The highest BCUT2D eigenvalue weighted by molar-refractivity contribution is 5.51. The molecule has 1 rings (SSSR count). The third kappa shape index (κ3) is 4.19. The molecular formula is C14H19FN2O2. The van der Waals surface area contributed by atoms with E-state index in [1.54, 1.807) is 20.3 Å². The number of halogens is 1. The Balaban J connectivity index is 2.96. The van der Waals surface area contributed by atoms with Gasteiger partial charge in [0.15, 0.2) is 0 Å². The minimum atomic E-state index is -0.507. The van der Waals surface area contributed by atoms with Gasteiger partial charge in [-0.15, -0.1) is 0 Å². The summed E-state index contributed by atoms with van der Waals surface area (Å²) < 4.78 is 23.9. The highest BCUT2D eigenvalue weighted by atomic mass is 19.1. The smallest absolute Gasteiger partial charge is 0.143 e. The first-order valence-corrected chi connectivity index (χ1v) is 6.08. The molecule has 104 valence electrons. The van der Waals surface area contributed by atoms with Gasteiger partial charge in [-0.2, -0.15) is 5.26 Å². The van der Waals surface area contributed by atoms with Crippen LogP contribution in [0.1, 0.15) is 12.5 Å². The van der Waals surface area contributed by atoms with Crippen LogP contribution in [0.4, 0.5) is 10.1 Å². The number of ether oxygens (including phenoxy) is 2. The van der Waals surface area contributed by atoms with Gasteiger partial charge in [0, 0.05) is 32.5 Å². The first-order valence-electron chi connectivity index (χ1n) is 6.08. The summed E-state index contributed by atoms with van der Waals surface area (Å²) in [5, 5.41) is 8.74. The summed E-state index contributed by atoms with van der Waals surface area (Å²) >= 11 is 0. The van der Waals surface area contributed by atoms with Crippen molar-refractivity contribution in [3.63, 3.8) is 0 Å². The second-order valence-electron chi connectivity index (χ2n) is 4.27. The molecule has 0 aliphatic carbocycles. The van der Waals surface area contributed by atoms with Gasteiger partial charge in [0.2, 0.25) is 0 Å². The summed E-state index contributed by atoms with van der Waals surface area (Å²) in [5.74, 6) is -0.507. The molecule has 0 aliphatic heterocycles. The van der Waals surface area contributed by atoms with Crippen LogP contribution >= 0.6 is 0 Å². The molecule has 0 radical (unpaired) electrons. The normalized spacial score (nSPS) is 11.9. The van der Waals surface area contributed by atoms with Crippen molar-refractivity contribution >= 4 is 5.69 Å². The molecule has 1 aromatic carbocycles. The zero-order valence-electron chi connectivity index (χ0n) is 11.5. The molecule has 1 atom stereocenters. The van der Waals surface area contributed by atoms with Crippen molar-refractivity contribution in [3.8, 4) is 6.07 Å². The lowest BCUT2D eigenvalue weighted by molar-refractivity contribution is 0.171. The van der Waals surface area contributed by atoms with Crippen molar-refractivity contribution in [3.05, 3.63) is 29.6 Å². The lowest BCUT2D eigenvalue weighted by Crippen LogP contribution is -2.38. The van der Waals surface area contributed by atoms with Crippen LogP contribution in [0.15, 0.2) is 18.2 Å². The number of rotatable bonds is 7. The third-order valence-electron chi connectivity index (χ3n) is 2.88. The summed E-state index contributed by atoms with van der Waals surface area (Å²) in [6.45, 7) is 3.70. The summed E-state index contributed by atoms with van der Waals surface area (Å²) in [6.07, 6.45) is 0. The summed E-state index contributed by atoms with van der Waals surface area (Å²) in [4.78, 5) is 2.00. The van der Waals surface area contributed by atoms with Crippen molar-refractivity contribution < 1.29 is 13.9 Å². The largest absolute Gasteiger partial charge is 0.383 e. The molecule has 4 nitrogen and oxygen atoms in total. The zero-order chi connectivity index (χ0) is 14.3. The van der Waals surface area contributed by atoms with E-state index in [4.69, 9.17) is 14.7 Å². The van der Waals surface area contributed by atoms with Crippen molar-refractivity contribution in [2.24, 2.45) is 0 Å². The average Bonchev–Trinajstić information content (AvgIpc) is 2.39. The summed E-state index contributed by atoms with van der Waals surface area (Å²) in [5.41, 5.74) is 0.771. The molecule has 1 aromatic rings. The predicted molar refractivity (Wildman–Crippen MR) is 71.7 cm³/mol. The molecule has 19 heavy (non-hydrogen) atoms. The second-order valence-corrected chi connectivity index (χ2v) is 4.27. The molecule has 0 N–H and O–H groups in total. The van der Waals surface area contributed by atoms with Crippen LogP contribution in [-0.4, -0.2) is 40.0 Å². The fraction of sp³-hybridized carbons (Fsp3) is 0.500. The SMILES string of the molecule is COCCN(c1ccc(C#N)c(F)c1)C(C)COC. The van der Waals surface area contributed by atoms with Gasteiger partial charge in [0.1, 0.15) is 11.9 Å². The number of methoxy groups -OCH3 is 2. The maximum absolute atomic E-state index is 13.7. The van der Waals surface area contributed by atoms with Crippen LogP contribution < -0.4 is 4.90 Å². The molecule has 0 fully saturated rings. The van der Waals surface area contributed by atoms with E-state index in [-0.39, 0.29) is 11.6 Å². The molecule has 0 heterocycles. The van der Waals surface area contributed by atoms with E-state index in [2.05, 4.69) is 0 Å². The zero-order valence-corrected chi connectivity index (χ0v) is 11.5. The van der Waals surface area contributed by atoms with Crippen molar-refractivity contribution in [2.75, 3.05) is 38.9 Å². The molecule has 0 amide bonds. The number of hydrogen-bond acceptors (Lipinski definition) is 4. The number of anilines is 1.